The fourth-order valence-corrected chi connectivity index (χ4v) is 4.19. The van der Waals surface area contributed by atoms with Gasteiger partial charge < -0.3 is 15.0 Å². The third-order valence-electron chi connectivity index (χ3n) is 4.95. The summed E-state index contributed by atoms with van der Waals surface area (Å²) in [6.45, 7) is 4.83. The second-order valence-electron chi connectivity index (χ2n) is 7.27. The van der Waals surface area contributed by atoms with Crippen molar-refractivity contribution < 1.29 is 14.3 Å². The Bertz CT molecular complexity index is 845. The Morgan fingerprint density at radius 2 is 1.87 bits per heavy atom. The van der Waals surface area contributed by atoms with Gasteiger partial charge in [-0.2, -0.15) is 0 Å². The van der Waals surface area contributed by atoms with Crippen LogP contribution in [0.5, 0.6) is 5.75 Å². The molecule has 0 saturated heterocycles. The number of benzene rings is 2. The van der Waals surface area contributed by atoms with Gasteiger partial charge in [0.1, 0.15) is 11.8 Å². The van der Waals surface area contributed by atoms with Crippen LogP contribution in [0.2, 0.25) is 5.02 Å². The highest BCUT2D eigenvalue weighted by Gasteiger charge is 2.25. The Hall–Kier alpha value is -2.18. The normalized spacial score (nSPS) is 11.6. The van der Waals surface area contributed by atoms with Crippen molar-refractivity contribution in [1.29, 1.82) is 0 Å². The lowest BCUT2D eigenvalue weighted by molar-refractivity contribution is -0.138. The first-order chi connectivity index (χ1) is 15.0. The zero-order chi connectivity index (χ0) is 22.6. The number of halogens is 1. The van der Waals surface area contributed by atoms with Gasteiger partial charge in [-0.1, -0.05) is 55.3 Å². The molecule has 2 aromatic rings. The van der Waals surface area contributed by atoms with Gasteiger partial charge in [0.2, 0.25) is 11.8 Å². The lowest BCUT2D eigenvalue weighted by atomic mass is 10.1. The van der Waals surface area contributed by atoms with Crippen molar-refractivity contribution in [2.75, 3.05) is 19.4 Å². The smallest absolute Gasteiger partial charge is 0.242 e. The summed E-state index contributed by atoms with van der Waals surface area (Å²) in [6, 6.07) is 14.6. The zero-order valence-electron chi connectivity index (χ0n) is 18.4. The van der Waals surface area contributed by atoms with Gasteiger partial charge in [0.05, 0.1) is 12.9 Å². The van der Waals surface area contributed by atoms with Gasteiger partial charge in [0, 0.05) is 23.9 Å². The van der Waals surface area contributed by atoms with Crippen LogP contribution in [0.4, 0.5) is 0 Å². The third-order valence-corrected chi connectivity index (χ3v) is 6.28. The predicted molar refractivity (Wildman–Crippen MR) is 129 cm³/mol. The number of hydrogen-bond donors (Lipinski definition) is 1. The molecule has 0 unspecified atom stereocenters. The summed E-state index contributed by atoms with van der Waals surface area (Å²) in [5, 5.41) is 3.63. The van der Waals surface area contributed by atoms with Crippen LogP contribution in [0.1, 0.15) is 37.8 Å². The molecule has 0 aliphatic rings. The van der Waals surface area contributed by atoms with Crippen molar-refractivity contribution in [3.05, 3.63) is 64.7 Å². The van der Waals surface area contributed by atoms with Crippen molar-refractivity contribution in [2.45, 2.75) is 45.0 Å². The molecule has 0 fully saturated rings. The molecule has 0 aromatic heterocycles. The van der Waals surface area contributed by atoms with Crippen LogP contribution in [0.15, 0.2) is 48.5 Å². The van der Waals surface area contributed by atoms with E-state index in [0.29, 0.717) is 23.9 Å². The van der Waals surface area contributed by atoms with Crippen LogP contribution in [-0.4, -0.2) is 42.2 Å². The Balaban J connectivity index is 2.06. The van der Waals surface area contributed by atoms with Crippen LogP contribution in [0.3, 0.4) is 0 Å². The minimum Gasteiger partial charge on any atom is -0.497 e. The minimum atomic E-state index is -0.563. The Morgan fingerprint density at radius 3 is 2.52 bits per heavy atom. The van der Waals surface area contributed by atoms with E-state index < -0.39 is 6.04 Å². The Morgan fingerprint density at radius 1 is 1.16 bits per heavy atom. The number of rotatable bonds is 12. The zero-order valence-corrected chi connectivity index (χ0v) is 20.0. The molecule has 5 nitrogen and oxygen atoms in total. The first kappa shape index (κ1) is 25.1. The maximum atomic E-state index is 13.1. The summed E-state index contributed by atoms with van der Waals surface area (Å²) in [5.74, 6) is 1.45. The molecule has 0 saturated carbocycles. The van der Waals surface area contributed by atoms with Gasteiger partial charge in [-0.25, -0.2) is 0 Å². The Kier molecular flexibility index (Phi) is 10.7. The molecule has 0 radical (unpaired) electrons. The molecule has 0 spiro atoms. The van der Waals surface area contributed by atoms with Crippen molar-refractivity contribution in [3.8, 4) is 5.75 Å². The van der Waals surface area contributed by atoms with Gasteiger partial charge in [-0.05, 0) is 42.7 Å². The summed E-state index contributed by atoms with van der Waals surface area (Å²) in [6.07, 6.45) is 1.92. The SMILES string of the molecule is CCCCNC(=O)[C@H](C)N(Cc1ccc(OC)cc1)C(=O)CSCc1ccccc1Cl. The van der Waals surface area contributed by atoms with Crippen LogP contribution >= 0.6 is 23.4 Å². The molecule has 168 valence electrons. The van der Waals surface area contributed by atoms with Gasteiger partial charge in [-0.3, -0.25) is 9.59 Å². The molecular weight excluding hydrogens is 432 g/mol. The molecular formula is C24H31ClN2O3S. The molecule has 7 heteroatoms. The fraction of sp³-hybridized carbons (Fsp3) is 0.417. The molecule has 1 N–H and O–H groups in total. The maximum Gasteiger partial charge on any atom is 0.242 e. The lowest BCUT2D eigenvalue weighted by Gasteiger charge is -2.29. The quantitative estimate of drug-likeness (QED) is 0.455. The van der Waals surface area contributed by atoms with Crippen LogP contribution in [0.25, 0.3) is 0 Å². The van der Waals surface area contributed by atoms with Crippen molar-refractivity contribution in [2.24, 2.45) is 0 Å². The predicted octanol–water partition coefficient (Wildman–Crippen LogP) is 4.92. The van der Waals surface area contributed by atoms with Crippen LogP contribution in [0, 0.1) is 0 Å². The third kappa shape index (κ3) is 8.11. The van der Waals surface area contributed by atoms with E-state index in [1.165, 1.54) is 11.8 Å². The number of nitrogens with one attached hydrogen (secondary N) is 1. The van der Waals surface area contributed by atoms with E-state index in [1.54, 1.807) is 18.9 Å². The fourth-order valence-electron chi connectivity index (χ4n) is 2.99. The number of amides is 2. The summed E-state index contributed by atoms with van der Waals surface area (Å²) in [7, 11) is 1.61. The highest BCUT2D eigenvalue weighted by molar-refractivity contribution is 7.99. The van der Waals surface area contributed by atoms with Crippen LogP contribution < -0.4 is 10.1 Å². The molecule has 1 atom stereocenters. The van der Waals surface area contributed by atoms with Crippen LogP contribution in [-0.2, 0) is 21.9 Å². The average Bonchev–Trinajstić information content (AvgIpc) is 2.78. The number of carbonyl (C=O) groups excluding carboxylic acids is 2. The second kappa shape index (κ2) is 13.3. The lowest BCUT2D eigenvalue weighted by Crippen LogP contribution is -2.48. The number of unbranched alkanes of at least 4 members (excludes halogenated alkanes) is 1. The average molecular weight is 463 g/mol. The second-order valence-corrected chi connectivity index (χ2v) is 8.67. The van der Waals surface area contributed by atoms with Crippen molar-refractivity contribution in [1.82, 2.24) is 10.2 Å². The molecule has 2 amide bonds. The molecule has 0 aliphatic heterocycles. The van der Waals surface area contributed by atoms with E-state index in [1.807, 2.05) is 48.5 Å². The van der Waals surface area contributed by atoms with Gasteiger partial charge >= 0.3 is 0 Å². The first-order valence-electron chi connectivity index (χ1n) is 10.5. The Labute approximate surface area is 194 Å². The van der Waals surface area contributed by atoms with E-state index in [4.69, 9.17) is 16.3 Å². The number of methoxy groups -OCH3 is 1. The van der Waals surface area contributed by atoms with E-state index in [2.05, 4.69) is 12.2 Å². The van der Waals surface area contributed by atoms with E-state index in [0.717, 1.165) is 29.7 Å². The highest BCUT2D eigenvalue weighted by Crippen LogP contribution is 2.22. The standard InChI is InChI=1S/C24H31ClN2O3S/c1-4-5-14-26-24(29)18(2)27(15-19-10-12-21(30-3)13-11-19)23(28)17-31-16-20-8-6-7-9-22(20)25/h6-13,18H,4-5,14-17H2,1-3H3,(H,26,29)/t18-/m0/s1. The van der Waals surface area contributed by atoms with Gasteiger partial charge in [-0.15, -0.1) is 11.8 Å². The van der Waals surface area contributed by atoms with E-state index >= 15 is 0 Å². The number of ether oxygens (including phenoxy) is 1. The summed E-state index contributed by atoms with van der Waals surface area (Å²) in [4.78, 5) is 27.4. The van der Waals surface area contributed by atoms with E-state index in [-0.39, 0.29) is 17.6 Å². The number of nitrogens with zero attached hydrogens (tertiary/aromatic N) is 1. The molecule has 2 aromatic carbocycles. The summed E-state index contributed by atoms with van der Waals surface area (Å²) in [5.41, 5.74) is 1.94. The summed E-state index contributed by atoms with van der Waals surface area (Å²) >= 11 is 7.71. The molecule has 0 bridgehead atoms. The van der Waals surface area contributed by atoms with Gasteiger partial charge in [0.25, 0.3) is 0 Å². The van der Waals surface area contributed by atoms with E-state index in [9.17, 15) is 9.59 Å². The maximum absolute atomic E-state index is 13.1. The number of thioether (sulfide) groups is 1. The first-order valence-corrected chi connectivity index (χ1v) is 12.0. The largest absolute Gasteiger partial charge is 0.497 e. The van der Waals surface area contributed by atoms with Gasteiger partial charge in [0.15, 0.2) is 0 Å². The molecule has 0 aliphatic carbocycles. The highest BCUT2D eigenvalue weighted by atomic mass is 35.5. The van der Waals surface area contributed by atoms with Crippen molar-refractivity contribution >= 4 is 35.2 Å². The topological polar surface area (TPSA) is 58.6 Å². The number of carbonyl (C=O) groups is 2. The number of hydrogen-bond acceptors (Lipinski definition) is 4. The summed E-state index contributed by atoms with van der Waals surface area (Å²) < 4.78 is 5.21. The monoisotopic (exact) mass is 462 g/mol. The molecule has 31 heavy (non-hydrogen) atoms. The molecule has 0 heterocycles. The molecule has 2 rings (SSSR count). The van der Waals surface area contributed by atoms with Crippen molar-refractivity contribution in [3.63, 3.8) is 0 Å². The minimum absolute atomic E-state index is 0.0778.